The molecule has 0 aliphatic carbocycles. The van der Waals surface area contributed by atoms with Crippen LogP contribution < -0.4 is 10.7 Å². The van der Waals surface area contributed by atoms with Gasteiger partial charge in [0.15, 0.2) is 5.11 Å². The Balaban J connectivity index is 2.06. The van der Waals surface area contributed by atoms with Crippen LogP contribution in [0.5, 0.6) is 0 Å². The number of thiocarbonyl (C=S) groups is 1. The number of rotatable bonds is 4. The molecule has 2 aromatic carbocycles. The van der Waals surface area contributed by atoms with E-state index in [-0.39, 0.29) is 0 Å². The van der Waals surface area contributed by atoms with Gasteiger partial charge in [-0.1, -0.05) is 56.3 Å². The fourth-order valence-corrected chi connectivity index (χ4v) is 2.29. The van der Waals surface area contributed by atoms with Gasteiger partial charge in [0.05, 0.1) is 5.71 Å². The van der Waals surface area contributed by atoms with Crippen molar-refractivity contribution in [2.24, 2.45) is 11.0 Å². The third-order valence-electron chi connectivity index (χ3n) is 3.17. The quantitative estimate of drug-likeness (QED) is 0.501. The third-order valence-corrected chi connectivity index (χ3v) is 3.36. The topological polar surface area (TPSA) is 36.4 Å². The summed E-state index contributed by atoms with van der Waals surface area (Å²) in [4.78, 5) is 0. The SMILES string of the molecule is Cc1cccc(NC(=S)NN=C(c2ccccc2)C(C)C)c1. The van der Waals surface area contributed by atoms with Crippen LogP contribution in [0.4, 0.5) is 5.69 Å². The van der Waals surface area contributed by atoms with Gasteiger partial charge >= 0.3 is 0 Å². The lowest BCUT2D eigenvalue weighted by molar-refractivity contribution is 0.861. The van der Waals surface area contributed by atoms with Crippen LogP contribution in [-0.2, 0) is 0 Å². The lowest BCUT2D eigenvalue weighted by atomic mass is 10.0. The number of benzene rings is 2. The van der Waals surface area contributed by atoms with Crippen molar-refractivity contribution in [3.63, 3.8) is 0 Å². The van der Waals surface area contributed by atoms with Gasteiger partial charge in [-0.25, -0.2) is 0 Å². The van der Waals surface area contributed by atoms with Crippen LogP contribution in [0.2, 0.25) is 0 Å². The number of hydrogen-bond acceptors (Lipinski definition) is 2. The molecule has 0 radical (unpaired) electrons. The highest BCUT2D eigenvalue weighted by molar-refractivity contribution is 7.80. The maximum Gasteiger partial charge on any atom is 0.191 e. The molecule has 0 aliphatic heterocycles. The van der Waals surface area contributed by atoms with Crippen molar-refractivity contribution >= 4 is 28.7 Å². The van der Waals surface area contributed by atoms with E-state index in [1.165, 1.54) is 5.56 Å². The number of nitrogens with one attached hydrogen (secondary N) is 2. The summed E-state index contributed by atoms with van der Waals surface area (Å²) in [5, 5.41) is 8.10. The largest absolute Gasteiger partial charge is 0.331 e. The fourth-order valence-electron chi connectivity index (χ4n) is 2.13. The van der Waals surface area contributed by atoms with Crippen molar-refractivity contribution in [1.29, 1.82) is 0 Å². The zero-order valence-electron chi connectivity index (χ0n) is 13.1. The summed E-state index contributed by atoms with van der Waals surface area (Å²) in [5.41, 5.74) is 7.16. The summed E-state index contributed by atoms with van der Waals surface area (Å²) < 4.78 is 0. The third kappa shape index (κ3) is 4.67. The summed E-state index contributed by atoms with van der Waals surface area (Å²) in [6.45, 7) is 6.28. The summed E-state index contributed by atoms with van der Waals surface area (Å²) >= 11 is 5.30. The molecule has 0 atom stereocenters. The minimum atomic E-state index is 0.302. The molecule has 0 spiro atoms. The van der Waals surface area contributed by atoms with Crippen molar-refractivity contribution < 1.29 is 0 Å². The molecule has 0 aromatic heterocycles. The molecule has 0 fully saturated rings. The van der Waals surface area contributed by atoms with Gasteiger partial charge in [0.25, 0.3) is 0 Å². The number of anilines is 1. The highest BCUT2D eigenvalue weighted by Gasteiger charge is 2.08. The fraction of sp³-hybridized carbons (Fsp3) is 0.222. The zero-order chi connectivity index (χ0) is 15.9. The molecule has 3 nitrogen and oxygen atoms in total. The Bertz CT molecular complexity index is 663. The molecule has 4 heteroatoms. The van der Waals surface area contributed by atoms with Crippen molar-refractivity contribution in [2.75, 3.05) is 5.32 Å². The zero-order valence-corrected chi connectivity index (χ0v) is 13.9. The smallest absolute Gasteiger partial charge is 0.191 e. The number of hydrogen-bond donors (Lipinski definition) is 2. The monoisotopic (exact) mass is 311 g/mol. The molecule has 0 heterocycles. The van der Waals surface area contributed by atoms with E-state index in [4.69, 9.17) is 12.2 Å². The van der Waals surface area contributed by atoms with Crippen LogP contribution in [0.25, 0.3) is 0 Å². The van der Waals surface area contributed by atoms with Crippen LogP contribution in [-0.4, -0.2) is 10.8 Å². The van der Waals surface area contributed by atoms with E-state index in [2.05, 4.69) is 41.8 Å². The van der Waals surface area contributed by atoms with Gasteiger partial charge in [0, 0.05) is 5.69 Å². The molecular weight excluding hydrogens is 290 g/mol. The average Bonchev–Trinajstić information content (AvgIpc) is 2.48. The lowest BCUT2D eigenvalue weighted by Crippen LogP contribution is -2.26. The average molecular weight is 311 g/mol. The normalized spacial score (nSPS) is 11.4. The van der Waals surface area contributed by atoms with Gasteiger partial charge < -0.3 is 5.32 Å². The van der Waals surface area contributed by atoms with E-state index in [0.717, 1.165) is 17.0 Å². The predicted octanol–water partition coefficient (Wildman–Crippen LogP) is 4.34. The van der Waals surface area contributed by atoms with E-state index < -0.39 is 0 Å². The molecule has 0 saturated heterocycles. The predicted molar refractivity (Wildman–Crippen MR) is 98.4 cm³/mol. The van der Waals surface area contributed by atoms with E-state index >= 15 is 0 Å². The van der Waals surface area contributed by atoms with Crippen molar-refractivity contribution in [3.8, 4) is 0 Å². The molecule has 0 aliphatic rings. The molecule has 0 unspecified atom stereocenters. The van der Waals surface area contributed by atoms with Crippen molar-refractivity contribution in [2.45, 2.75) is 20.8 Å². The molecule has 2 aromatic rings. The van der Waals surface area contributed by atoms with Crippen LogP contribution >= 0.6 is 12.2 Å². The van der Waals surface area contributed by atoms with Gasteiger partial charge in [0.1, 0.15) is 0 Å². The highest BCUT2D eigenvalue weighted by atomic mass is 32.1. The van der Waals surface area contributed by atoms with Crippen LogP contribution in [0.3, 0.4) is 0 Å². The number of nitrogens with zero attached hydrogens (tertiary/aromatic N) is 1. The van der Waals surface area contributed by atoms with Crippen LogP contribution in [0.15, 0.2) is 59.7 Å². The number of hydrazone groups is 1. The Hall–Kier alpha value is -2.20. The minimum absolute atomic E-state index is 0.302. The first-order chi connectivity index (χ1) is 10.6. The van der Waals surface area contributed by atoms with Gasteiger partial charge in [-0.05, 0) is 48.3 Å². The summed E-state index contributed by atoms with van der Waals surface area (Å²) in [5.74, 6) is 0.302. The van der Waals surface area contributed by atoms with Crippen molar-refractivity contribution in [3.05, 3.63) is 65.7 Å². The Labute approximate surface area is 137 Å². The number of aryl methyl sites for hydroxylation is 1. The molecule has 2 N–H and O–H groups in total. The first-order valence-electron chi connectivity index (χ1n) is 7.33. The molecule has 0 bridgehead atoms. The molecule has 0 amide bonds. The first kappa shape index (κ1) is 16.2. The van der Waals surface area contributed by atoms with Gasteiger partial charge in [0.2, 0.25) is 0 Å². The Kier molecular flexibility index (Phi) is 5.67. The van der Waals surface area contributed by atoms with E-state index in [1.54, 1.807) is 0 Å². The van der Waals surface area contributed by atoms with E-state index in [1.807, 2.05) is 49.4 Å². The molecule has 0 saturated carbocycles. The second-order valence-electron chi connectivity index (χ2n) is 5.45. The summed E-state index contributed by atoms with van der Waals surface area (Å²) in [6.07, 6.45) is 0. The summed E-state index contributed by atoms with van der Waals surface area (Å²) in [6, 6.07) is 18.2. The van der Waals surface area contributed by atoms with Crippen LogP contribution in [0, 0.1) is 12.8 Å². The lowest BCUT2D eigenvalue weighted by Gasteiger charge is -2.12. The van der Waals surface area contributed by atoms with Crippen LogP contribution in [0.1, 0.15) is 25.0 Å². The maximum absolute atomic E-state index is 5.30. The first-order valence-corrected chi connectivity index (χ1v) is 7.74. The summed E-state index contributed by atoms with van der Waals surface area (Å²) in [7, 11) is 0. The van der Waals surface area contributed by atoms with Crippen molar-refractivity contribution in [1.82, 2.24) is 5.43 Å². The minimum Gasteiger partial charge on any atom is -0.331 e. The van der Waals surface area contributed by atoms with Gasteiger partial charge in [-0.3, -0.25) is 5.43 Å². The van der Waals surface area contributed by atoms with Gasteiger partial charge in [-0.15, -0.1) is 0 Å². The van der Waals surface area contributed by atoms with E-state index in [9.17, 15) is 0 Å². The van der Waals surface area contributed by atoms with Gasteiger partial charge in [-0.2, -0.15) is 5.10 Å². The Morgan fingerprint density at radius 2 is 1.77 bits per heavy atom. The Morgan fingerprint density at radius 1 is 1.05 bits per heavy atom. The molecule has 114 valence electrons. The van der Waals surface area contributed by atoms with E-state index in [0.29, 0.717) is 11.0 Å². The second kappa shape index (κ2) is 7.71. The molecule has 22 heavy (non-hydrogen) atoms. The standard InChI is InChI=1S/C18H21N3S/c1-13(2)17(15-9-5-4-6-10-15)20-21-18(22)19-16-11-7-8-14(3)12-16/h4-13H,1-3H3,(H2,19,21,22). The molecule has 2 rings (SSSR count). The molecular formula is C18H21N3S. The maximum atomic E-state index is 5.30. The Morgan fingerprint density at radius 3 is 2.41 bits per heavy atom. The second-order valence-corrected chi connectivity index (χ2v) is 5.86. The highest BCUT2D eigenvalue weighted by Crippen LogP contribution is 2.10.